The quantitative estimate of drug-likeness (QED) is 0.0894. The number of benzene rings is 2. The van der Waals surface area contributed by atoms with E-state index in [1.807, 2.05) is 32.2 Å². The van der Waals surface area contributed by atoms with E-state index >= 15 is 0 Å². The van der Waals surface area contributed by atoms with Gasteiger partial charge in [-0.2, -0.15) is 0 Å². The van der Waals surface area contributed by atoms with Gasteiger partial charge in [-0.25, -0.2) is 4.79 Å². The van der Waals surface area contributed by atoms with Gasteiger partial charge in [0.05, 0.1) is 17.9 Å². The van der Waals surface area contributed by atoms with Gasteiger partial charge in [0.2, 0.25) is 0 Å². The van der Waals surface area contributed by atoms with E-state index in [0.717, 1.165) is 23.8 Å². The summed E-state index contributed by atoms with van der Waals surface area (Å²) in [6.45, 7) is 7.98. The molecule has 0 spiro atoms. The smallest absolute Gasteiger partial charge is 0.333 e. The average Bonchev–Trinajstić information content (AvgIpc) is 3.18. The van der Waals surface area contributed by atoms with Gasteiger partial charge in [0.25, 0.3) is 0 Å². The summed E-state index contributed by atoms with van der Waals surface area (Å²) >= 11 is 0. The number of phenols is 2. The Morgan fingerprint density at radius 1 is 1.25 bits per heavy atom. The zero-order chi connectivity index (χ0) is 39.7. The molecule has 0 fully saturated rings. The standard InChI is InChI=1S/C44H48N4O8/c1-5-24(3)43(53)55-34-21-32-40(52)38-33(51)20-30(23-49)54-42(38)39-37(27-15-16-47-35(45)19-27)31(26-9-7-11-29(50)18-26)12-8-10-28(44(34,4)56-41(32)39)17-25-13-14-36(46-6-2)48-22-25/h5,7,9,11,13-15,18-20,22,28,31,34,36-37,46-50,52H,6,10,16-17,21,23,45H2,1-4H3. The Balaban J connectivity index is 1.54. The van der Waals surface area contributed by atoms with Crippen LogP contribution >= 0.6 is 0 Å². The Hall–Kier alpha value is -5.90. The molecule has 6 unspecified atom stereocenters. The minimum Gasteiger partial charge on any atom is -0.508 e. The van der Waals surface area contributed by atoms with Crippen molar-refractivity contribution < 1.29 is 34.0 Å². The number of aromatic hydroxyl groups is 2. The van der Waals surface area contributed by atoms with Gasteiger partial charge in [-0.15, -0.1) is 5.92 Å². The number of esters is 1. The first kappa shape index (κ1) is 38.4. The molecule has 1 aromatic heterocycles. The lowest BCUT2D eigenvalue weighted by molar-refractivity contribution is -0.164. The molecule has 2 bridgehead atoms. The lowest BCUT2D eigenvalue weighted by atomic mass is 9.70. The molecule has 4 aliphatic rings. The van der Waals surface area contributed by atoms with Crippen molar-refractivity contribution in [2.45, 2.75) is 83.3 Å². The largest absolute Gasteiger partial charge is 0.508 e. The number of dihydropyridines is 2. The maximum absolute atomic E-state index is 13.9. The Morgan fingerprint density at radius 2 is 2.07 bits per heavy atom. The first-order valence-corrected chi connectivity index (χ1v) is 19.0. The van der Waals surface area contributed by atoms with Gasteiger partial charge < -0.3 is 45.6 Å². The predicted octanol–water partition coefficient (Wildman–Crippen LogP) is 4.86. The highest BCUT2D eigenvalue weighted by molar-refractivity contribution is 5.92. The summed E-state index contributed by atoms with van der Waals surface area (Å²) in [4.78, 5) is 27.5. The zero-order valence-electron chi connectivity index (χ0n) is 31.9. The molecule has 7 rings (SSSR count). The van der Waals surface area contributed by atoms with Gasteiger partial charge in [-0.1, -0.05) is 43.2 Å². The topological polar surface area (TPSA) is 189 Å². The number of hydrogen-bond donors (Lipinski definition) is 7. The fourth-order valence-electron chi connectivity index (χ4n) is 8.11. The molecule has 0 saturated heterocycles. The third-order valence-electron chi connectivity index (χ3n) is 11.3. The highest BCUT2D eigenvalue weighted by Crippen LogP contribution is 2.55. The van der Waals surface area contributed by atoms with Crippen LogP contribution in [-0.2, 0) is 22.6 Å². The maximum atomic E-state index is 13.9. The number of likely N-dealkylation sites (N-methyl/N-ethyl adjacent to an activating group) is 1. The molecule has 0 radical (unpaired) electrons. The molecule has 0 amide bonds. The monoisotopic (exact) mass is 760 g/mol. The first-order valence-electron chi connectivity index (χ1n) is 19.0. The Bertz CT molecular complexity index is 2340. The molecular weight excluding hydrogens is 713 g/mol. The zero-order valence-corrected chi connectivity index (χ0v) is 31.9. The van der Waals surface area contributed by atoms with Gasteiger partial charge in [0.1, 0.15) is 52.3 Å². The number of carbonyl (C=O) groups is 1. The number of allylic oxidation sites excluding steroid dienone is 5. The van der Waals surface area contributed by atoms with E-state index in [0.29, 0.717) is 41.9 Å². The second-order valence-electron chi connectivity index (χ2n) is 14.8. The number of fused-ring (bicyclic) bond motifs is 3. The van der Waals surface area contributed by atoms with Crippen molar-refractivity contribution in [3.8, 4) is 29.1 Å². The summed E-state index contributed by atoms with van der Waals surface area (Å²) in [7, 11) is 0. The Morgan fingerprint density at radius 3 is 2.77 bits per heavy atom. The fraction of sp³-hybridized carbons (Fsp3) is 0.364. The van der Waals surface area contributed by atoms with Crippen molar-refractivity contribution in [1.82, 2.24) is 16.0 Å². The number of ether oxygens (including phenoxy) is 2. The van der Waals surface area contributed by atoms with E-state index in [4.69, 9.17) is 19.6 Å². The van der Waals surface area contributed by atoms with E-state index < -0.39 is 41.5 Å². The van der Waals surface area contributed by atoms with E-state index in [2.05, 4.69) is 39.9 Å². The molecule has 292 valence electrons. The van der Waals surface area contributed by atoms with Gasteiger partial charge in [-0.3, -0.25) is 10.1 Å². The normalized spacial score (nSPS) is 25.6. The number of nitrogens with one attached hydrogen (secondary N) is 3. The van der Waals surface area contributed by atoms with Crippen molar-refractivity contribution in [3.05, 3.63) is 122 Å². The molecule has 0 aliphatic carbocycles. The third-order valence-corrected chi connectivity index (χ3v) is 11.3. The molecule has 2 aromatic carbocycles. The van der Waals surface area contributed by atoms with E-state index in [1.54, 1.807) is 44.2 Å². The van der Waals surface area contributed by atoms with Crippen LogP contribution in [0.5, 0.6) is 17.2 Å². The van der Waals surface area contributed by atoms with Crippen LogP contribution in [0.1, 0.15) is 74.8 Å². The molecule has 5 heterocycles. The second-order valence-corrected chi connectivity index (χ2v) is 14.8. The number of carbonyl (C=O) groups excluding carboxylic acids is 1. The second kappa shape index (κ2) is 15.7. The summed E-state index contributed by atoms with van der Waals surface area (Å²) < 4.78 is 20.0. The highest BCUT2D eigenvalue weighted by Gasteiger charge is 2.52. The van der Waals surface area contributed by atoms with Crippen LogP contribution in [0, 0.1) is 17.8 Å². The van der Waals surface area contributed by atoms with Gasteiger partial charge in [0.15, 0.2) is 5.43 Å². The van der Waals surface area contributed by atoms with E-state index in [-0.39, 0.29) is 58.0 Å². The molecule has 6 atom stereocenters. The molecule has 12 heteroatoms. The predicted molar refractivity (Wildman–Crippen MR) is 212 cm³/mol. The van der Waals surface area contributed by atoms with Crippen molar-refractivity contribution >= 4 is 16.9 Å². The molecule has 3 aromatic rings. The number of rotatable bonds is 9. The number of phenolic OH excluding ortho intramolecular Hbond substituents is 2. The minimum atomic E-state index is -1.23. The summed E-state index contributed by atoms with van der Waals surface area (Å²) in [5, 5.41) is 42.9. The molecule has 56 heavy (non-hydrogen) atoms. The molecule has 0 saturated carbocycles. The summed E-state index contributed by atoms with van der Waals surface area (Å²) in [6.07, 6.45) is 11.4. The van der Waals surface area contributed by atoms with Gasteiger partial charge in [0, 0.05) is 60.2 Å². The van der Waals surface area contributed by atoms with Crippen LogP contribution in [0.2, 0.25) is 0 Å². The van der Waals surface area contributed by atoms with E-state index in [9.17, 15) is 24.9 Å². The van der Waals surface area contributed by atoms with Crippen LogP contribution in [0.4, 0.5) is 0 Å². The first-order chi connectivity index (χ1) is 26.9. The Labute approximate surface area is 325 Å². The number of aliphatic hydroxyl groups excluding tert-OH is 1. The lowest BCUT2D eigenvalue weighted by Crippen LogP contribution is -2.56. The maximum Gasteiger partial charge on any atom is 0.333 e. The van der Waals surface area contributed by atoms with Crippen LogP contribution in [0.15, 0.2) is 98.7 Å². The van der Waals surface area contributed by atoms with Crippen molar-refractivity contribution in [2.75, 3.05) is 13.1 Å². The van der Waals surface area contributed by atoms with Crippen molar-refractivity contribution in [1.29, 1.82) is 0 Å². The van der Waals surface area contributed by atoms with Crippen molar-refractivity contribution in [3.63, 3.8) is 0 Å². The SMILES string of the molecule is CC=C(C)C(=O)OC1Cc2c3c(c4oc(CO)cc(=O)c4c2O)C(C2=CCNC(N)=C2)C(c2cccc(O)c2)C#CCC(CC2=CNC(NCC)C=C2)C1(C)O3. The van der Waals surface area contributed by atoms with Crippen LogP contribution < -0.4 is 31.8 Å². The number of nitrogens with two attached hydrogens (primary N) is 1. The van der Waals surface area contributed by atoms with Crippen LogP contribution in [0.3, 0.4) is 0 Å². The Kier molecular flexibility index (Phi) is 10.7. The van der Waals surface area contributed by atoms with Crippen molar-refractivity contribution in [2.24, 2.45) is 11.7 Å². The van der Waals surface area contributed by atoms with Gasteiger partial charge >= 0.3 is 5.97 Å². The van der Waals surface area contributed by atoms with Crippen LogP contribution in [0.25, 0.3) is 11.0 Å². The number of hydrogen-bond acceptors (Lipinski definition) is 12. The van der Waals surface area contributed by atoms with Crippen LogP contribution in [-0.4, -0.2) is 52.2 Å². The fourth-order valence-corrected chi connectivity index (χ4v) is 8.11. The molecule has 4 aliphatic heterocycles. The summed E-state index contributed by atoms with van der Waals surface area (Å²) in [5.41, 5.74) is 8.10. The minimum absolute atomic E-state index is 0.00614. The highest BCUT2D eigenvalue weighted by atomic mass is 16.6. The molecular formula is C44H48N4O8. The summed E-state index contributed by atoms with van der Waals surface area (Å²) in [6, 6.07) is 8.02. The molecule has 12 nitrogen and oxygen atoms in total. The lowest BCUT2D eigenvalue weighted by Gasteiger charge is -2.48. The average molecular weight is 761 g/mol. The van der Waals surface area contributed by atoms with Gasteiger partial charge in [-0.05, 0) is 74.7 Å². The summed E-state index contributed by atoms with van der Waals surface area (Å²) in [5.74, 6) is 5.09. The number of aliphatic hydroxyl groups is 1. The third kappa shape index (κ3) is 7.16. The molecule has 8 N–H and O–H groups in total. The van der Waals surface area contributed by atoms with E-state index in [1.165, 1.54) is 0 Å².